The van der Waals surface area contributed by atoms with Crippen molar-refractivity contribution in [3.05, 3.63) is 41.5 Å². The lowest BCUT2D eigenvalue weighted by atomic mass is 9.89. The highest BCUT2D eigenvalue weighted by atomic mass is 16.5. The first kappa shape index (κ1) is 22.6. The molecule has 0 unspecified atom stereocenters. The summed E-state index contributed by atoms with van der Waals surface area (Å²) in [5, 5.41) is 11.9. The molecule has 0 bridgehead atoms. The standard InChI is InChI=1S/C27H34N2O3/c1-3-31-27(30)21-12-14-29(15-13-21)18-20-6-10-24-22(16-20)7-11-26(25(24)17-28)32-23-8-4-19(2)5-9-23/h6-7,10-11,16,19,21,23H,3-5,8-9,12-15,18H2,1-2H3/t19-,23+. The highest BCUT2D eigenvalue weighted by molar-refractivity contribution is 5.90. The number of rotatable bonds is 6. The van der Waals surface area contributed by atoms with Crippen molar-refractivity contribution in [3.63, 3.8) is 0 Å². The normalized spacial score (nSPS) is 22.4. The van der Waals surface area contributed by atoms with Crippen LogP contribution in [0.5, 0.6) is 5.75 Å². The zero-order chi connectivity index (χ0) is 22.5. The molecule has 1 saturated heterocycles. The van der Waals surface area contributed by atoms with Crippen molar-refractivity contribution in [2.24, 2.45) is 11.8 Å². The van der Waals surface area contributed by atoms with E-state index >= 15 is 0 Å². The number of carbonyl (C=O) groups excluding carboxylic acids is 1. The Morgan fingerprint density at radius 2 is 1.84 bits per heavy atom. The van der Waals surface area contributed by atoms with Gasteiger partial charge in [-0.05, 0) is 87.5 Å². The molecule has 2 aromatic rings. The van der Waals surface area contributed by atoms with Crippen LogP contribution in [-0.2, 0) is 16.1 Å². The van der Waals surface area contributed by atoms with Gasteiger partial charge >= 0.3 is 5.97 Å². The van der Waals surface area contributed by atoms with Crippen LogP contribution in [0.25, 0.3) is 10.8 Å². The molecule has 2 aliphatic rings. The zero-order valence-electron chi connectivity index (χ0n) is 19.3. The third-order valence-electron chi connectivity index (χ3n) is 7.03. The molecule has 0 N–H and O–H groups in total. The maximum atomic E-state index is 12.0. The van der Waals surface area contributed by atoms with Gasteiger partial charge in [-0.15, -0.1) is 0 Å². The van der Waals surface area contributed by atoms with Crippen LogP contribution in [0, 0.1) is 23.2 Å². The minimum Gasteiger partial charge on any atom is -0.489 e. The van der Waals surface area contributed by atoms with Crippen LogP contribution < -0.4 is 4.74 Å². The summed E-state index contributed by atoms with van der Waals surface area (Å²) in [6.45, 7) is 7.26. The molecule has 170 valence electrons. The average Bonchev–Trinajstić information content (AvgIpc) is 2.81. The fraction of sp³-hybridized carbons (Fsp3) is 0.556. The van der Waals surface area contributed by atoms with Gasteiger partial charge in [-0.25, -0.2) is 0 Å². The van der Waals surface area contributed by atoms with E-state index in [9.17, 15) is 10.1 Å². The zero-order valence-corrected chi connectivity index (χ0v) is 19.3. The SMILES string of the molecule is CCOC(=O)C1CCN(Cc2ccc3c(C#N)c(O[C@H]4CC[C@@H](C)CC4)ccc3c2)CC1. The van der Waals surface area contributed by atoms with Crippen molar-refractivity contribution >= 4 is 16.7 Å². The minimum atomic E-state index is -0.0531. The number of hydrogen-bond acceptors (Lipinski definition) is 5. The van der Waals surface area contributed by atoms with Gasteiger partial charge in [0.1, 0.15) is 17.4 Å². The predicted molar refractivity (Wildman–Crippen MR) is 125 cm³/mol. The summed E-state index contributed by atoms with van der Waals surface area (Å²) < 4.78 is 11.4. The van der Waals surface area contributed by atoms with E-state index in [0.29, 0.717) is 17.9 Å². The molecule has 0 radical (unpaired) electrons. The Morgan fingerprint density at radius 1 is 1.09 bits per heavy atom. The minimum absolute atomic E-state index is 0.0341. The van der Waals surface area contributed by atoms with Gasteiger partial charge in [-0.1, -0.05) is 25.1 Å². The smallest absolute Gasteiger partial charge is 0.309 e. The van der Waals surface area contributed by atoms with Gasteiger partial charge < -0.3 is 9.47 Å². The van der Waals surface area contributed by atoms with Crippen molar-refractivity contribution in [3.8, 4) is 11.8 Å². The van der Waals surface area contributed by atoms with Gasteiger partial charge in [0.2, 0.25) is 0 Å². The molecular formula is C27H34N2O3. The van der Waals surface area contributed by atoms with Gasteiger partial charge in [0, 0.05) is 11.9 Å². The molecule has 2 fully saturated rings. The first-order valence-electron chi connectivity index (χ1n) is 12.1. The number of carbonyl (C=O) groups is 1. The number of fused-ring (bicyclic) bond motifs is 1. The van der Waals surface area contributed by atoms with Crippen LogP contribution >= 0.6 is 0 Å². The fourth-order valence-electron chi connectivity index (χ4n) is 5.04. The van der Waals surface area contributed by atoms with Crippen molar-refractivity contribution < 1.29 is 14.3 Å². The number of hydrogen-bond donors (Lipinski definition) is 0. The molecule has 2 aromatic carbocycles. The quantitative estimate of drug-likeness (QED) is 0.566. The second-order valence-corrected chi connectivity index (χ2v) is 9.41. The van der Waals surface area contributed by atoms with E-state index in [4.69, 9.17) is 9.47 Å². The largest absolute Gasteiger partial charge is 0.489 e. The molecule has 1 aliphatic heterocycles. The monoisotopic (exact) mass is 434 g/mol. The number of nitrogens with zero attached hydrogens (tertiary/aromatic N) is 2. The lowest BCUT2D eigenvalue weighted by Crippen LogP contribution is -2.36. The average molecular weight is 435 g/mol. The maximum Gasteiger partial charge on any atom is 0.309 e. The second kappa shape index (κ2) is 10.4. The molecule has 32 heavy (non-hydrogen) atoms. The molecule has 4 rings (SSSR count). The summed E-state index contributed by atoms with van der Waals surface area (Å²) in [6.07, 6.45) is 6.44. The van der Waals surface area contributed by atoms with Crippen LogP contribution in [0.1, 0.15) is 63.5 Å². The van der Waals surface area contributed by atoms with Gasteiger partial charge in [0.25, 0.3) is 0 Å². The molecule has 1 heterocycles. The molecule has 0 aromatic heterocycles. The van der Waals surface area contributed by atoms with E-state index in [1.165, 1.54) is 18.4 Å². The van der Waals surface area contributed by atoms with Crippen molar-refractivity contribution in [2.45, 2.75) is 65.0 Å². The third kappa shape index (κ3) is 5.24. The van der Waals surface area contributed by atoms with Gasteiger partial charge in [-0.3, -0.25) is 9.69 Å². The molecule has 5 nitrogen and oxygen atoms in total. The topological polar surface area (TPSA) is 62.6 Å². The molecule has 5 heteroatoms. The Kier molecular flexibility index (Phi) is 7.32. The maximum absolute atomic E-state index is 12.0. The van der Waals surface area contributed by atoms with E-state index in [-0.39, 0.29) is 18.0 Å². The summed E-state index contributed by atoms with van der Waals surface area (Å²) in [7, 11) is 0. The first-order chi connectivity index (χ1) is 15.6. The van der Waals surface area contributed by atoms with E-state index < -0.39 is 0 Å². The predicted octanol–water partition coefficient (Wildman–Crippen LogP) is 5.44. The van der Waals surface area contributed by atoms with Crippen LogP contribution in [0.4, 0.5) is 0 Å². The summed E-state index contributed by atoms with van der Waals surface area (Å²) in [5.41, 5.74) is 1.87. The van der Waals surface area contributed by atoms with E-state index in [2.05, 4.69) is 42.2 Å². The third-order valence-corrected chi connectivity index (χ3v) is 7.03. The fourth-order valence-corrected chi connectivity index (χ4v) is 5.04. The Morgan fingerprint density at radius 3 is 2.53 bits per heavy atom. The van der Waals surface area contributed by atoms with E-state index in [0.717, 1.165) is 62.0 Å². The first-order valence-corrected chi connectivity index (χ1v) is 12.1. The Hall–Kier alpha value is -2.58. The summed E-state index contributed by atoms with van der Waals surface area (Å²) >= 11 is 0. The van der Waals surface area contributed by atoms with E-state index in [1.54, 1.807) is 0 Å². The molecule has 0 amide bonds. The summed E-state index contributed by atoms with van der Waals surface area (Å²) in [5.74, 6) is 1.47. The summed E-state index contributed by atoms with van der Waals surface area (Å²) in [6, 6.07) is 12.8. The Labute approximate surface area is 191 Å². The number of benzene rings is 2. The van der Waals surface area contributed by atoms with Crippen molar-refractivity contribution in [2.75, 3.05) is 19.7 Å². The van der Waals surface area contributed by atoms with Crippen LogP contribution in [-0.4, -0.2) is 36.7 Å². The summed E-state index contributed by atoms with van der Waals surface area (Å²) in [4.78, 5) is 14.4. The number of nitriles is 1. The van der Waals surface area contributed by atoms with Crippen LogP contribution in [0.2, 0.25) is 0 Å². The number of piperidine rings is 1. The number of likely N-dealkylation sites (tertiary alicyclic amines) is 1. The number of ether oxygens (including phenoxy) is 2. The van der Waals surface area contributed by atoms with Gasteiger partial charge in [-0.2, -0.15) is 5.26 Å². The van der Waals surface area contributed by atoms with Crippen LogP contribution in [0.15, 0.2) is 30.3 Å². The molecule has 1 aliphatic carbocycles. The van der Waals surface area contributed by atoms with Gasteiger partial charge in [0.05, 0.1) is 18.6 Å². The molecule has 0 spiro atoms. The van der Waals surface area contributed by atoms with Crippen molar-refractivity contribution in [1.29, 1.82) is 5.26 Å². The lowest BCUT2D eigenvalue weighted by molar-refractivity contribution is -0.149. The highest BCUT2D eigenvalue weighted by Crippen LogP contribution is 2.33. The van der Waals surface area contributed by atoms with Crippen molar-refractivity contribution in [1.82, 2.24) is 4.90 Å². The second-order valence-electron chi connectivity index (χ2n) is 9.41. The molecule has 0 atom stereocenters. The Balaban J connectivity index is 1.42. The van der Waals surface area contributed by atoms with Crippen LogP contribution in [0.3, 0.4) is 0 Å². The Bertz CT molecular complexity index is 980. The lowest BCUT2D eigenvalue weighted by Gasteiger charge is -2.30. The van der Waals surface area contributed by atoms with E-state index in [1.807, 2.05) is 13.0 Å². The molecule has 1 saturated carbocycles. The van der Waals surface area contributed by atoms with Gasteiger partial charge in [0.15, 0.2) is 0 Å². The number of esters is 1. The highest BCUT2D eigenvalue weighted by Gasteiger charge is 2.26. The molecular weight excluding hydrogens is 400 g/mol.